The lowest BCUT2D eigenvalue weighted by atomic mass is 10.3. The van der Waals surface area contributed by atoms with Gasteiger partial charge in [-0.3, -0.25) is 0 Å². The van der Waals surface area contributed by atoms with Crippen molar-refractivity contribution >= 4 is 5.82 Å². The molecule has 0 aromatic carbocycles. The van der Waals surface area contributed by atoms with Gasteiger partial charge in [-0.15, -0.1) is 0 Å². The molecule has 13 heavy (non-hydrogen) atoms. The number of nitrogens with zero attached hydrogens (tertiary/aromatic N) is 2. The van der Waals surface area contributed by atoms with Gasteiger partial charge in [0.05, 0.1) is 6.10 Å². The Kier molecular flexibility index (Phi) is 2.70. The van der Waals surface area contributed by atoms with Crippen LogP contribution < -0.4 is 10.5 Å². The van der Waals surface area contributed by atoms with Crippen molar-refractivity contribution in [1.82, 2.24) is 4.98 Å². The highest BCUT2D eigenvalue weighted by molar-refractivity contribution is 5.43. The average Bonchev–Trinajstić information content (AvgIpc) is 2.07. The lowest BCUT2D eigenvalue weighted by molar-refractivity contribution is 0.241. The Morgan fingerprint density at radius 1 is 1.54 bits per heavy atom. The number of nitrogen functional groups attached to an aromatic ring is 1. The fourth-order valence-corrected chi connectivity index (χ4v) is 0.891. The molecule has 4 nitrogen and oxygen atoms in total. The van der Waals surface area contributed by atoms with Crippen LogP contribution in [0.5, 0.6) is 5.75 Å². The van der Waals surface area contributed by atoms with Gasteiger partial charge in [0, 0.05) is 0 Å². The number of ether oxygens (including phenoxy) is 1. The van der Waals surface area contributed by atoms with Gasteiger partial charge < -0.3 is 10.5 Å². The topological polar surface area (TPSA) is 71.9 Å². The van der Waals surface area contributed by atoms with Crippen LogP contribution >= 0.6 is 0 Å². The monoisotopic (exact) mass is 177 g/mol. The molecule has 68 valence electrons. The van der Waals surface area contributed by atoms with Crippen LogP contribution in [0, 0.1) is 11.3 Å². The molecule has 0 saturated carbocycles. The number of nitrogens with two attached hydrogens (primary N) is 1. The summed E-state index contributed by atoms with van der Waals surface area (Å²) < 4.78 is 5.35. The molecule has 0 aliphatic carbocycles. The van der Waals surface area contributed by atoms with Gasteiger partial charge >= 0.3 is 0 Å². The third-order valence-electron chi connectivity index (χ3n) is 1.35. The van der Waals surface area contributed by atoms with E-state index >= 15 is 0 Å². The minimum absolute atomic E-state index is 0.0255. The molecule has 1 rings (SSSR count). The van der Waals surface area contributed by atoms with E-state index < -0.39 is 0 Å². The number of hydrogen-bond acceptors (Lipinski definition) is 4. The Morgan fingerprint density at radius 2 is 2.23 bits per heavy atom. The highest BCUT2D eigenvalue weighted by Crippen LogP contribution is 2.17. The van der Waals surface area contributed by atoms with E-state index in [-0.39, 0.29) is 11.8 Å². The number of pyridine rings is 1. The number of anilines is 1. The quantitative estimate of drug-likeness (QED) is 0.739. The summed E-state index contributed by atoms with van der Waals surface area (Å²) in [6, 6.07) is 5.19. The molecule has 0 amide bonds. The van der Waals surface area contributed by atoms with E-state index in [4.69, 9.17) is 15.7 Å². The van der Waals surface area contributed by atoms with Crippen molar-refractivity contribution < 1.29 is 4.74 Å². The van der Waals surface area contributed by atoms with Gasteiger partial charge in [0.25, 0.3) is 0 Å². The maximum atomic E-state index is 8.71. The molecular weight excluding hydrogens is 166 g/mol. The number of hydrogen-bond donors (Lipinski definition) is 1. The molecular formula is C9H11N3O. The van der Waals surface area contributed by atoms with Crippen LogP contribution in [0.1, 0.15) is 19.5 Å². The molecule has 0 saturated heterocycles. The van der Waals surface area contributed by atoms with E-state index in [1.165, 1.54) is 0 Å². The van der Waals surface area contributed by atoms with E-state index in [0.717, 1.165) is 0 Å². The first-order chi connectivity index (χ1) is 6.13. The van der Waals surface area contributed by atoms with Crippen LogP contribution in [0.2, 0.25) is 0 Å². The first-order valence-electron chi connectivity index (χ1n) is 3.96. The lowest BCUT2D eigenvalue weighted by Crippen LogP contribution is -2.08. The Labute approximate surface area is 77.0 Å². The molecule has 0 aliphatic rings. The smallest absolute Gasteiger partial charge is 0.184 e. The zero-order valence-electron chi connectivity index (χ0n) is 7.61. The van der Waals surface area contributed by atoms with Crippen molar-refractivity contribution in [2.45, 2.75) is 20.0 Å². The molecule has 0 fully saturated rings. The maximum Gasteiger partial charge on any atom is 0.184 e. The Morgan fingerprint density at radius 3 is 2.77 bits per heavy atom. The van der Waals surface area contributed by atoms with Crippen LogP contribution in [0.4, 0.5) is 5.82 Å². The molecule has 1 heterocycles. The summed E-state index contributed by atoms with van der Waals surface area (Å²) in [6.07, 6.45) is 0.0255. The van der Waals surface area contributed by atoms with Gasteiger partial charge in [-0.25, -0.2) is 4.98 Å². The molecule has 0 bridgehead atoms. The molecule has 4 heteroatoms. The largest absolute Gasteiger partial charge is 0.488 e. The van der Waals surface area contributed by atoms with Crippen LogP contribution in [0.25, 0.3) is 0 Å². The molecule has 0 aliphatic heterocycles. The van der Waals surface area contributed by atoms with Crippen LogP contribution in [-0.2, 0) is 0 Å². The minimum atomic E-state index is 0.0255. The molecule has 1 aromatic rings. The van der Waals surface area contributed by atoms with Crippen molar-refractivity contribution in [2.24, 2.45) is 0 Å². The summed E-state index contributed by atoms with van der Waals surface area (Å²) in [5.74, 6) is 0.805. The second kappa shape index (κ2) is 3.76. The van der Waals surface area contributed by atoms with Gasteiger partial charge in [-0.2, -0.15) is 5.26 Å². The van der Waals surface area contributed by atoms with Gasteiger partial charge in [0.15, 0.2) is 11.4 Å². The van der Waals surface area contributed by atoms with Crippen LogP contribution in [-0.4, -0.2) is 11.1 Å². The normalized spacial score (nSPS) is 9.69. The Bertz CT molecular complexity index is 341. The number of rotatable bonds is 2. The van der Waals surface area contributed by atoms with Gasteiger partial charge in [-0.05, 0) is 26.0 Å². The highest BCUT2D eigenvalue weighted by Gasteiger charge is 2.06. The fourth-order valence-electron chi connectivity index (χ4n) is 0.891. The molecule has 2 N–H and O–H groups in total. The fraction of sp³-hybridized carbons (Fsp3) is 0.333. The van der Waals surface area contributed by atoms with Crippen molar-refractivity contribution in [3.63, 3.8) is 0 Å². The first-order valence-corrected chi connectivity index (χ1v) is 3.96. The summed E-state index contributed by atoms with van der Waals surface area (Å²) >= 11 is 0. The first kappa shape index (κ1) is 9.33. The van der Waals surface area contributed by atoms with Gasteiger partial charge in [-0.1, -0.05) is 0 Å². The van der Waals surface area contributed by atoms with Crippen LogP contribution in [0.15, 0.2) is 12.1 Å². The Balaban J connectivity index is 3.01. The SMILES string of the molecule is CC(C)Oc1ccc(N)nc1C#N. The third kappa shape index (κ3) is 2.34. The number of aromatic nitrogens is 1. The van der Waals surface area contributed by atoms with E-state index in [0.29, 0.717) is 11.6 Å². The summed E-state index contributed by atoms with van der Waals surface area (Å²) in [4.78, 5) is 3.84. The summed E-state index contributed by atoms with van der Waals surface area (Å²) in [7, 11) is 0. The molecule has 0 radical (unpaired) electrons. The molecule has 0 spiro atoms. The standard InChI is InChI=1S/C9H11N3O/c1-6(2)13-8-3-4-9(11)12-7(8)5-10/h3-4,6H,1-2H3,(H2,11,12). The zero-order chi connectivity index (χ0) is 9.84. The van der Waals surface area contributed by atoms with Crippen molar-refractivity contribution in [3.8, 4) is 11.8 Å². The van der Waals surface area contributed by atoms with Gasteiger partial charge in [0.1, 0.15) is 11.9 Å². The lowest BCUT2D eigenvalue weighted by Gasteiger charge is -2.10. The maximum absolute atomic E-state index is 8.71. The second-order valence-corrected chi connectivity index (χ2v) is 2.86. The van der Waals surface area contributed by atoms with E-state index in [2.05, 4.69) is 4.98 Å². The molecule has 1 aromatic heterocycles. The minimum Gasteiger partial charge on any atom is -0.488 e. The summed E-state index contributed by atoms with van der Waals surface area (Å²) in [6.45, 7) is 3.77. The predicted molar refractivity (Wildman–Crippen MR) is 49.1 cm³/mol. The second-order valence-electron chi connectivity index (χ2n) is 2.86. The van der Waals surface area contributed by atoms with Crippen molar-refractivity contribution in [2.75, 3.05) is 5.73 Å². The highest BCUT2D eigenvalue weighted by atomic mass is 16.5. The third-order valence-corrected chi connectivity index (χ3v) is 1.35. The predicted octanol–water partition coefficient (Wildman–Crippen LogP) is 1.32. The van der Waals surface area contributed by atoms with E-state index in [9.17, 15) is 0 Å². The Hall–Kier alpha value is -1.76. The van der Waals surface area contributed by atoms with Crippen molar-refractivity contribution in [3.05, 3.63) is 17.8 Å². The number of nitriles is 1. The average molecular weight is 177 g/mol. The zero-order valence-corrected chi connectivity index (χ0v) is 7.61. The summed E-state index contributed by atoms with van der Waals surface area (Å²) in [5.41, 5.74) is 5.65. The molecule has 0 atom stereocenters. The van der Waals surface area contributed by atoms with E-state index in [1.807, 2.05) is 19.9 Å². The van der Waals surface area contributed by atoms with Crippen molar-refractivity contribution in [1.29, 1.82) is 5.26 Å². The molecule has 0 unspecified atom stereocenters. The van der Waals surface area contributed by atoms with Crippen LogP contribution in [0.3, 0.4) is 0 Å². The van der Waals surface area contributed by atoms with E-state index in [1.54, 1.807) is 12.1 Å². The van der Waals surface area contributed by atoms with Gasteiger partial charge in [0.2, 0.25) is 0 Å². The summed E-state index contributed by atoms with van der Waals surface area (Å²) in [5, 5.41) is 8.71.